The van der Waals surface area contributed by atoms with Crippen molar-refractivity contribution in [1.82, 2.24) is 5.32 Å². The molecule has 0 aliphatic heterocycles. The van der Waals surface area contributed by atoms with Crippen LogP contribution in [0.4, 0.5) is 27.6 Å². The summed E-state index contributed by atoms with van der Waals surface area (Å²) in [5, 5.41) is 4.15. The lowest BCUT2D eigenvalue weighted by molar-refractivity contribution is -0.115. The summed E-state index contributed by atoms with van der Waals surface area (Å²) in [7, 11) is 0. The van der Waals surface area contributed by atoms with Gasteiger partial charge in [0, 0.05) is 0 Å². The second-order valence-corrected chi connectivity index (χ2v) is 3.27. The Labute approximate surface area is 99.0 Å². The Morgan fingerprint density at radius 3 is 1.83 bits per heavy atom. The molecule has 0 aliphatic rings. The van der Waals surface area contributed by atoms with Crippen molar-refractivity contribution in [3.8, 4) is 0 Å². The molecule has 0 fully saturated rings. The van der Waals surface area contributed by atoms with Crippen molar-refractivity contribution in [3.05, 3.63) is 29.1 Å². The molecule has 0 aliphatic carbocycles. The molecular weight excluding hydrogens is 259 g/mol. The van der Waals surface area contributed by atoms with Crippen LogP contribution in [0.1, 0.15) is 6.92 Å². The highest BCUT2D eigenvalue weighted by Crippen LogP contribution is 2.26. The largest absolute Gasteiger partial charge is 0.320 e. The van der Waals surface area contributed by atoms with E-state index >= 15 is 0 Å². The number of hydrogen-bond acceptors (Lipinski definition) is 2. The number of rotatable bonds is 4. The molecule has 8 heteroatoms. The zero-order chi connectivity index (χ0) is 13.9. The highest BCUT2D eigenvalue weighted by Gasteiger charge is 2.26. The zero-order valence-corrected chi connectivity index (χ0v) is 9.21. The van der Waals surface area contributed by atoms with E-state index in [2.05, 4.69) is 5.32 Å². The van der Waals surface area contributed by atoms with E-state index in [9.17, 15) is 26.7 Å². The van der Waals surface area contributed by atoms with Gasteiger partial charge in [0.25, 0.3) is 0 Å². The molecule has 0 saturated heterocycles. The van der Waals surface area contributed by atoms with Gasteiger partial charge in [0.1, 0.15) is 5.69 Å². The van der Waals surface area contributed by atoms with E-state index in [1.807, 2.05) is 0 Å². The van der Waals surface area contributed by atoms with Crippen LogP contribution in [-0.2, 0) is 4.79 Å². The topological polar surface area (TPSA) is 41.1 Å². The molecule has 0 unspecified atom stereocenters. The van der Waals surface area contributed by atoms with Gasteiger partial charge in [0.2, 0.25) is 11.7 Å². The molecule has 1 aromatic rings. The fourth-order valence-electron chi connectivity index (χ4n) is 1.14. The minimum Gasteiger partial charge on any atom is -0.320 e. The molecule has 0 heterocycles. The van der Waals surface area contributed by atoms with Crippen LogP contribution in [0, 0.1) is 29.1 Å². The molecule has 1 rings (SSSR count). The number of halogens is 5. The summed E-state index contributed by atoms with van der Waals surface area (Å²) in [5.41, 5.74) is -1.35. The lowest BCUT2D eigenvalue weighted by Crippen LogP contribution is -2.29. The number of amides is 1. The van der Waals surface area contributed by atoms with Gasteiger partial charge in [0.05, 0.1) is 6.54 Å². The van der Waals surface area contributed by atoms with Gasteiger partial charge in [0.15, 0.2) is 23.3 Å². The summed E-state index contributed by atoms with van der Waals surface area (Å²) in [6.07, 6.45) is 0. The van der Waals surface area contributed by atoms with E-state index in [-0.39, 0.29) is 6.54 Å². The monoisotopic (exact) mass is 268 g/mol. The Kier molecular flexibility index (Phi) is 4.60. The van der Waals surface area contributed by atoms with Crippen molar-refractivity contribution >= 4 is 11.6 Å². The number of carbonyl (C=O) groups excluding carboxylic acids is 1. The third-order valence-electron chi connectivity index (χ3n) is 2.01. The van der Waals surface area contributed by atoms with Crippen molar-refractivity contribution in [2.45, 2.75) is 6.92 Å². The Hall–Kier alpha value is -1.70. The highest BCUT2D eigenvalue weighted by molar-refractivity contribution is 5.92. The van der Waals surface area contributed by atoms with Gasteiger partial charge in [-0.3, -0.25) is 4.79 Å². The van der Waals surface area contributed by atoms with Crippen molar-refractivity contribution in [2.75, 3.05) is 18.4 Å². The van der Waals surface area contributed by atoms with Crippen molar-refractivity contribution in [3.63, 3.8) is 0 Å². The molecule has 1 amide bonds. The first-order chi connectivity index (χ1) is 8.40. The van der Waals surface area contributed by atoms with Gasteiger partial charge >= 0.3 is 0 Å². The number of benzene rings is 1. The number of nitrogens with one attached hydrogen (secondary N) is 2. The van der Waals surface area contributed by atoms with Gasteiger partial charge in [-0.15, -0.1) is 0 Å². The molecule has 0 spiro atoms. The Morgan fingerprint density at radius 1 is 0.944 bits per heavy atom. The number of carbonyl (C=O) groups is 1. The summed E-state index contributed by atoms with van der Waals surface area (Å²) >= 11 is 0. The standard InChI is InChI=1S/C10H9F5N2O/c1-2-16-3-4(18)17-10-8(14)6(12)5(11)7(13)9(10)15/h16H,2-3H2,1H3,(H,17,18). The third kappa shape index (κ3) is 2.76. The quantitative estimate of drug-likeness (QED) is 0.497. The van der Waals surface area contributed by atoms with E-state index < -0.39 is 40.7 Å². The molecule has 0 bridgehead atoms. The maximum atomic E-state index is 13.1. The van der Waals surface area contributed by atoms with Gasteiger partial charge < -0.3 is 10.6 Å². The van der Waals surface area contributed by atoms with Gasteiger partial charge in [-0.1, -0.05) is 6.92 Å². The van der Waals surface area contributed by atoms with E-state index in [4.69, 9.17) is 0 Å². The van der Waals surface area contributed by atoms with E-state index in [0.717, 1.165) is 0 Å². The van der Waals surface area contributed by atoms with E-state index in [1.165, 1.54) is 0 Å². The fourth-order valence-corrected chi connectivity index (χ4v) is 1.14. The van der Waals surface area contributed by atoms with Gasteiger partial charge in [-0.05, 0) is 6.54 Å². The predicted molar refractivity (Wildman–Crippen MR) is 53.4 cm³/mol. The Balaban J connectivity index is 3.06. The van der Waals surface area contributed by atoms with Crippen LogP contribution in [0.15, 0.2) is 0 Å². The molecule has 0 atom stereocenters. The van der Waals surface area contributed by atoms with E-state index in [0.29, 0.717) is 6.54 Å². The van der Waals surface area contributed by atoms with Crippen LogP contribution in [0.3, 0.4) is 0 Å². The highest BCUT2D eigenvalue weighted by atomic mass is 19.2. The van der Waals surface area contributed by atoms with Crippen molar-refractivity contribution in [1.29, 1.82) is 0 Å². The molecule has 2 N–H and O–H groups in total. The summed E-state index contributed by atoms with van der Waals surface area (Å²) in [6, 6.07) is 0. The molecule has 0 saturated carbocycles. The number of hydrogen-bond donors (Lipinski definition) is 2. The molecule has 3 nitrogen and oxygen atoms in total. The first-order valence-corrected chi connectivity index (χ1v) is 4.92. The average Bonchev–Trinajstić information content (AvgIpc) is 2.36. The van der Waals surface area contributed by atoms with Crippen LogP contribution in [0.2, 0.25) is 0 Å². The Morgan fingerprint density at radius 2 is 1.39 bits per heavy atom. The molecule has 18 heavy (non-hydrogen) atoms. The van der Waals surface area contributed by atoms with Gasteiger partial charge in [-0.25, -0.2) is 22.0 Å². The minimum atomic E-state index is -2.27. The normalized spacial score (nSPS) is 10.6. The van der Waals surface area contributed by atoms with Crippen molar-refractivity contribution in [2.24, 2.45) is 0 Å². The second-order valence-electron chi connectivity index (χ2n) is 3.27. The summed E-state index contributed by atoms with van der Waals surface area (Å²) in [6.45, 7) is 1.77. The van der Waals surface area contributed by atoms with Crippen LogP contribution in [-0.4, -0.2) is 19.0 Å². The van der Waals surface area contributed by atoms with Crippen LogP contribution >= 0.6 is 0 Å². The maximum absolute atomic E-state index is 13.1. The number of anilines is 1. The van der Waals surface area contributed by atoms with Crippen LogP contribution in [0.25, 0.3) is 0 Å². The van der Waals surface area contributed by atoms with Crippen LogP contribution in [0.5, 0.6) is 0 Å². The predicted octanol–water partition coefficient (Wildman–Crippen LogP) is 1.93. The molecule has 0 radical (unpaired) electrons. The van der Waals surface area contributed by atoms with Crippen molar-refractivity contribution < 1.29 is 26.7 Å². The zero-order valence-electron chi connectivity index (χ0n) is 9.21. The third-order valence-corrected chi connectivity index (χ3v) is 2.01. The SMILES string of the molecule is CCNCC(=O)Nc1c(F)c(F)c(F)c(F)c1F. The summed E-state index contributed by atoms with van der Waals surface area (Å²) in [5.74, 6) is -11.5. The van der Waals surface area contributed by atoms with Gasteiger partial charge in [-0.2, -0.15) is 0 Å². The lowest BCUT2D eigenvalue weighted by Gasteiger charge is -2.09. The maximum Gasteiger partial charge on any atom is 0.238 e. The molecule has 1 aromatic carbocycles. The first-order valence-electron chi connectivity index (χ1n) is 4.92. The van der Waals surface area contributed by atoms with Crippen LogP contribution < -0.4 is 10.6 Å². The second kappa shape index (κ2) is 5.76. The smallest absolute Gasteiger partial charge is 0.238 e. The van der Waals surface area contributed by atoms with E-state index in [1.54, 1.807) is 12.2 Å². The average molecular weight is 268 g/mol. The molecule has 100 valence electrons. The Bertz CT molecular complexity index is 449. The minimum absolute atomic E-state index is 0.310. The molecule has 0 aromatic heterocycles. The molecular formula is C10H9F5N2O. The summed E-state index contributed by atoms with van der Waals surface area (Å²) < 4.78 is 64.5. The number of likely N-dealkylation sites (N-methyl/N-ethyl adjacent to an activating group) is 1. The first kappa shape index (κ1) is 14.4. The lowest BCUT2D eigenvalue weighted by atomic mass is 10.2. The summed E-state index contributed by atoms with van der Waals surface area (Å²) in [4.78, 5) is 11.1. The fraction of sp³-hybridized carbons (Fsp3) is 0.300.